The van der Waals surface area contributed by atoms with Crippen LogP contribution in [0, 0.1) is 6.92 Å². The number of nitrogens with one attached hydrogen (secondary N) is 1. The molecule has 1 N–H and O–H groups in total. The minimum atomic E-state index is 0.145. The predicted octanol–water partition coefficient (Wildman–Crippen LogP) is 4.05. The Morgan fingerprint density at radius 2 is 1.95 bits per heavy atom. The Labute approximate surface area is 130 Å². The van der Waals surface area contributed by atoms with Gasteiger partial charge in [-0.05, 0) is 64.7 Å². The van der Waals surface area contributed by atoms with Crippen molar-refractivity contribution in [2.24, 2.45) is 0 Å². The molecule has 0 unspecified atom stereocenters. The Hall–Kier alpha value is -1.09. The van der Waals surface area contributed by atoms with Crippen LogP contribution in [-0.4, -0.2) is 23.1 Å². The summed E-state index contributed by atoms with van der Waals surface area (Å²) >= 11 is 0. The highest BCUT2D eigenvalue weighted by Crippen LogP contribution is 2.29. The van der Waals surface area contributed by atoms with E-state index in [0.717, 1.165) is 13.1 Å². The number of aromatic nitrogens is 1. The number of anilines is 1. The van der Waals surface area contributed by atoms with Gasteiger partial charge in [-0.15, -0.1) is 0 Å². The van der Waals surface area contributed by atoms with E-state index in [1.54, 1.807) is 0 Å². The molecule has 3 heteroatoms. The van der Waals surface area contributed by atoms with Gasteiger partial charge in [0.15, 0.2) is 0 Å². The van der Waals surface area contributed by atoms with Crippen LogP contribution in [0.5, 0.6) is 0 Å². The molecule has 1 fully saturated rings. The van der Waals surface area contributed by atoms with Crippen LogP contribution in [0.1, 0.15) is 64.5 Å². The van der Waals surface area contributed by atoms with Crippen LogP contribution in [0.4, 0.5) is 5.82 Å². The Kier molecular flexibility index (Phi) is 5.26. The second-order valence-corrected chi connectivity index (χ2v) is 7.31. The number of hydrogen-bond acceptors (Lipinski definition) is 3. The second kappa shape index (κ2) is 6.78. The lowest BCUT2D eigenvalue weighted by Gasteiger charge is -2.30. The van der Waals surface area contributed by atoms with Crippen molar-refractivity contribution >= 4 is 5.82 Å². The SMILES string of the molecule is CCN(c1ncc(CNC(C)(C)C)cc1C)C1CCCC1. The smallest absolute Gasteiger partial charge is 0.131 e. The van der Waals surface area contributed by atoms with Gasteiger partial charge in [-0.25, -0.2) is 4.98 Å². The summed E-state index contributed by atoms with van der Waals surface area (Å²) in [5, 5.41) is 3.53. The molecule has 0 spiro atoms. The first-order chi connectivity index (χ1) is 9.90. The summed E-state index contributed by atoms with van der Waals surface area (Å²) in [4.78, 5) is 7.28. The zero-order valence-corrected chi connectivity index (χ0v) is 14.4. The Balaban J connectivity index is 2.10. The number of rotatable bonds is 5. The largest absolute Gasteiger partial charge is 0.354 e. The van der Waals surface area contributed by atoms with Crippen molar-refractivity contribution in [1.82, 2.24) is 10.3 Å². The van der Waals surface area contributed by atoms with Crippen molar-refractivity contribution in [3.63, 3.8) is 0 Å². The Morgan fingerprint density at radius 3 is 2.48 bits per heavy atom. The minimum Gasteiger partial charge on any atom is -0.354 e. The summed E-state index contributed by atoms with van der Waals surface area (Å²) in [6.45, 7) is 13.0. The highest BCUT2D eigenvalue weighted by atomic mass is 15.2. The van der Waals surface area contributed by atoms with Crippen molar-refractivity contribution < 1.29 is 0 Å². The van der Waals surface area contributed by atoms with Crippen molar-refractivity contribution in [2.45, 2.75) is 78.4 Å². The van der Waals surface area contributed by atoms with E-state index in [2.05, 4.69) is 50.9 Å². The van der Waals surface area contributed by atoms with E-state index in [1.165, 1.54) is 42.6 Å². The first-order valence-electron chi connectivity index (χ1n) is 8.38. The summed E-state index contributed by atoms with van der Waals surface area (Å²) in [7, 11) is 0. The molecule has 0 aromatic carbocycles. The molecule has 1 aromatic rings. The lowest BCUT2D eigenvalue weighted by molar-refractivity contribution is 0.424. The first-order valence-corrected chi connectivity index (χ1v) is 8.38. The van der Waals surface area contributed by atoms with Crippen molar-refractivity contribution in [3.05, 3.63) is 23.4 Å². The van der Waals surface area contributed by atoms with Gasteiger partial charge in [-0.1, -0.05) is 12.8 Å². The molecule has 0 saturated heterocycles. The molecule has 21 heavy (non-hydrogen) atoms. The van der Waals surface area contributed by atoms with Crippen molar-refractivity contribution in [2.75, 3.05) is 11.4 Å². The molecule has 1 heterocycles. The average molecular weight is 289 g/mol. The highest BCUT2D eigenvalue weighted by molar-refractivity contribution is 5.48. The van der Waals surface area contributed by atoms with Gasteiger partial charge in [0.2, 0.25) is 0 Å². The van der Waals surface area contributed by atoms with E-state index in [0.29, 0.717) is 6.04 Å². The number of nitrogens with zero attached hydrogens (tertiary/aromatic N) is 2. The number of aryl methyl sites for hydroxylation is 1. The zero-order chi connectivity index (χ0) is 15.5. The topological polar surface area (TPSA) is 28.2 Å². The van der Waals surface area contributed by atoms with Gasteiger partial charge < -0.3 is 10.2 Å². The van der Waals surface area contributed by atoms with Crippen LogP contribution in [0.3, 0.4) is 0 Å². The quantitative estimate of drug-likeness (QED) is 0.886. The summed E-state index contributed by atoms with van der Waals surface area (Å²) < 4.78 is 0. The van der Waals surface area contributed by atoms with Gasteiger partial charge in [0, 0.05) is 30.9 Å². The zero-order valence-electron chi connectivity index (χ0n) is 14.4. The maximum atomic E-state index is 4.78. The average Bonchev–Trinajstić information content (AvgIpc) is 2.92. The second-order valence-electron chi connectivity index (χ2n) is 7.31. The predicted molar refractivity (Wildman–Crippen MR) is 90.8 cm³/mol. The van der Waals surface area contributed by atoms with Crippen molar-refractivity contribution in [1.29, 1.82) is 0 Å². The van der Waals surface area contributed by atoms with Gasteiger partial charge in [0.05, 0.1) is 0 Å². The monoisotopic (exact) mass is 289 g/mol. The fourth-order valence-electron chi connectivity index (χ4n) is 3.19. The summed E-state index contributed by atoms with van der Waals surface area (Å²) in [6.07, 6.45) is 7.42. The van der Waals surface area contributed by atoms with Gasteiger partial charge >= 0.3 is 0 Å². The number of hydrogen-bond donors (Lipinski definition) is 1. The molecule has 0 bridgehead atoms. The molecule has 2 rings (SSSR count). The third-order valence-corrected chi connectivity index (χ3v) is 4.31. The fourth-order valence-corrected chi connectivity index (χ4v) is 3.19. The molecule has 1 aromatic heterocycles. The molecular weight excluding hydrogens is 258 g/mol. The molecule has 0 atom stereocenters. The summed E-state index contributed by atoms with van der Waals surface area (Å²) in [5.41, 5.74) is 2.72. The van der Waals surface area contributed by atoms with Gasteiger partial charge in [-0.3, -0.25) is 0 Å². The lowest BCUT2D eigenvalue weighted by atomic mass is 10.1. The van der Waals surface area contributed by atoms with Crippen LogP contribution >= 0.6 is 0 Å². The standard InChI is InChI=1S/C18H31N3/c1-6-21(16-9-7-8-10-16)17-14(2)11-15(12-19-17)13-20-18(3,4)5/h11-12,16,20H,6-10,13H2,1-5H3. The van der Waals surface area contributed by atoms with E-state index in [4.69, 9.17) is 4.98 Å². The maximum absolute atomic E-state index is 4.78. The van der Waals surface area contributed by atoms with Gasteiger partial charge in [0.1, 0.15) is 5.82 Å². The molecule has 1 aliphatic rings. The third kappa shape index (κ3) is 4.44. The summed E-state index contributed by atoms with van der Waals surface area (Å²) in [6, 6.07) is 2.98. The van der Waals surface area contributed by atoms with Crippen LogP contribution in [0.15, 0.2) is 12.3 Å². The van der Waals surface area contributed by atoms with Crippen LogP contribution in [-0.2, 0) is 6.54 Å². The van der Waals surface area contributed by atoms with Crippen LogP contribution in [0.2, 0.25) is 0 Å². The molecule has 118 valence electrons. The van der Waals surface area contributed by atoms with Crippen molar-refractivity contribution in [3.8, 4) is 0 Å². The van der Waals surface area contributed by atoms with Gasteiger partial charge in [-0.2, -0.15) is 0 Å². The van der Waals surface area contributed by atoms with Crippen LogP contribution in [0.25, 0.3) is 0 Å². The van der Waals surface area contributed by atoms with Crippen LogP contribution < -0.4 is 10.2 Å². The van der Waals surface area contributed by atoms with Gasteiger partial charge in [0.25, 0.3) is 0 Å². The molecule has 1 saturated carbocycles. The lowest BCUT2D eigenvalue weighted by Crippen LogP contribution is -2.35. The first kappa shape index (κ1) is 16.3. The summed E-state index contributed by atoms with van der Waals surface area (Å²) in [5.74, 6) is 1.18. The van der Waals surface area contributed by atoms with E-state index < -0.39 is 0 Å². The molecule has 0 aliphatic heterocycles. The van der Waals surface area contributed by atoms with E-state index in [1.807, 2.05) is 6.20 Å². The van der Waals surface area contributed by atoms with E-state index >= 15 is 0 Å². The molecular formula is C18H31N3. The Bertz CT molecular complexity index is 456. The Morgan fingerprint density at radius 1 is 1.29 bits per heavy atom. The molecule has 1 aliphatic carbocycles. The molecule has 0 radical (unpaired) electrons. The molecule has 3 nitrogen and oxygen atoms in total. The fraction of sp³-hybridized carbons (Fsp3) is 0.722. The normalized spacial score (nSPS) is 16.4. The highest BCUT2D eigenvalue weighted by Gasteiger charge is 2.23. The third-order valence-electron chi connectivity index (χ3n) is 4.31. The minimum absolute atomic E-state index is 0.145. The van der Waals surface area contributed by atoms with E-state index in [9.17, 15) is 0 Å². The molecule has 0 amide bonds. The maximum Gasteiger partial charge on any atom is 0.131 e. The number of pyridine rings is 1. The van der Waals surface area contributed by atoms with E-state index in [-0.39, 0.29) is 5.54 Å².